The Labute approximate surface area is 188 Å². The zero-order valence-electron chi connectivity index (χ0n) is 18.1. The number of aryl methyl sites for hydroxylation is 1. The number of benzene rings is 1. The van der Waals surface area contributed by atoms with Crippen LogP contribution >= 0.6 is 11.8 Å². The van der Waals surface area contributed by atoms with Crippen molar-refractivity contribution in [1.82, 2.24) is 13.9 Å². The normalized spacial score (nSPS) is 18.0. The first-order valence-electron chi connectivity index (χ1n) is 10.9. The Morgan fingerprint density at radius 3 is 2.39 bits per heavy atom. The number of imidazole rings is 1. The number of carbonyl (C=O) groups is 1. The number of sulfonamides is 1. The van der Waals surface area contributed by atoms with Gasteiger partial charge in [-0.25, -0.2) is 13.4 Å². The van der Waals surface area contributed by atoms with Gasteiger partial charge < -0.3 is 9.88 Å². The van der Waals surface area contributed by atoms with Crippen LogP contribution in [0.15, 0.2) is 34.3 Å². The maximum Gasteiger partial charge on any atom is 0.243 e. The number of rotatable bonds is 7. The minimum absolute atomic E-state index is 0.128. The number of hydrogen-bond acceptors (Lipinski definition) is 5. The minimum atomic E-state index is -3.44. The highest BCUT2D eigenvalue weighted by Gasteiger charge is 2.27. The topological polar surface area (TPSA) is 84.3 Å². The summed E-state index contributed by atoms with van der Waals surface area (Å²) in [5.41, 5.74) is 2.80. The van der Waals surface area contributed by atoms with Crippen LogP contribution in [0.5, 0.6) is 0 Å². The molecule has 9 heteroatoms. The smallest absolute Gasteiger partial charge is 0.243 e. The molecule has 2 heterocycles. The Morgan fingerprint density at radius 1 is 1.10 bits per heavy atom. The van der Waals surface area contributed by atoms with Crippen molar-refractivity contribution in [3.8, 4) is 0 Å². The molecule has 168 valence electrons. The molecule has 7 nitrogen and oxygen atoms in total. The molecule has 1 aliphatic carbocycles. The Morgan fingerprint density at radius 2 is 1.74 bits per heavy atom. The van der Waals surface area contributed by atoms with Gasteiger partial charge in [-0.2, -0.15) is 4.31 Å². The fourth-order valence-electron chi connectivity index (χ4n) is 4.41. The monoisotopic (exact) mass is 462 g/mol. The average Bonchev–Trinajstić information content (AvgIpc) is 3.50. The molecule has 1 aliphatic heterocycles. The van der Waals surface area contributed by atoms with Gasteiger partial charge in [0.25, 0.3) is 0 Å². The average molecular weight is 463 g/mol. The molecule has 0 spiro atoms. The Kier molecular flexibility index (Phi) is 6.74. The van der Waals surface area contributed by atoms with Crippen LogP contribution in [0.3, 0.4) is 0 Å². The van der Waals surface area contributed by atoms with E-state index in [1.807, 2.05) is 6.92 Å². The lowest BCUT2D eigenvalue weighted by molar-refractivity contribution is -0.113. The van der Waals surface area contributed by atoms with Crippen LogP contribution in [-0.2, 0) is 14.8 Å². The number of thioether (sulfide) groups is 1. The molecule has 1 aromatic heterocycles. The lowest BCUT2D eigenvalue weighted by Gasteiger charge is -2.17. The van der Waals surface area contributed by atoms with Gasteiger partial charge in [0.2, 0.25) is 15.9 Å². The minimum Gasteiger partial charge on any atom is -0.325 e. The van der Waals surface area contributed by atoms with Crippen LogP contribution in [0, 0.1) is 13.8 Å². The molecule has 1 N–H and O–H groups in total. The lowest BCUT2D eigenvalue weighted by Crippen LogP contribution is -2.27. The van der Waals surface area contributed by atoms with Gasteiger partial charge in [-0.05, 0) is 63.8 Å². The molecule has 1 saturated carbocycles. The SMILES string of the molecule is Cc1nc(SCC(=O)Nc2ccc(S(=O)(=O)N3CCCC3)cc2)n(C2CCCC2)c1C. The molecule has 4 rings (SSSR count). The molecule has 1 aromatic carbocycles. The summed E-state index contributed by atoms with van der Waals surface area (Å²) in [6, 6.07) is 6.92. The summed E-state index contributed by atoms with van der Waals surface area (Å²) in [6.45, 7) is 5.27. The molecule has 2 aromatic rings. The van der Waals surface area contributed by atoms with E-state index in [0.717, 1.165) is 23.7 Å². The van der Waals surface area contributed by atoms with E-state index in [9.17, 15) is 13.2 Å². The van der Waals surface area contributed by atoms with Crippen molar-refractivity contribution in [2.75, 3.05) is 24.2 Å². The molecule has 0 radical (unpaired) electrons. The Bertz CT molecular complexity index is 1040. The number of amides is 1. The number of hydrogen-bond donors (Lipinski definition) is 1. The largest absolute Gasteiger partial charge is 0.325 e. The predicted octanol–water partition coefficient (Wildman–Crippen LogP) is 4.13. The summed E-state index contributed by atoms with van der Waals surface area (Å²) in [5.74, 6) is 0.132. The van der Waals surface area contributed by atoms with E-state index in [1.54, 1.807) is 24.3 Å². The molecular formula is C22H30N4O3S2. The molecule has 2 fully saturated rings. The van der Waals surface area contributed by atoms with Crippen LogP contribution in [0.2, 0.25) is 0 Å². The van der Waals surface area contributed by atoms with Gasteiger partial charge in [0.1, 0.15) is 0 Å². The highest BCUT2D eigenvalue weighted by molar-refractivity contribution is 7.99. The second-order valence-electron chi connectivity index (χ2n) is 8.35. The Hall–Kier alpha value is -1.84. The maximum atomic E-state index is 12.6. The van der Waals surface area contributed by atoms with Gasteiger partial charge >= 0.3 is 0 Å². The molecule has 1 saturated heterocycles. The third-order valence-electron chi connectivity index (χ3n) is 6.22. The summed E-state index contributed by atoms with van der Waals surface area (Å²) >= 11 is 1.46. The van der Waals surface area contributed by atoms with Crippen LogP contribution < -0.4 is 5.32 Å². The second-order valence-corrected chi connectivity index (χ2v) is 11.2. The van der Waals surface area contributed by atoms with Crippen molar-refractivity contribution in [2.45, 2.75) is 68.5 Å². The Balaban J connectivity index is 1.37. The third kappa shape index (κ3) is 4.83. The standard InChI is InChI=1S/C22H30N4O3S2/c1-16-17(2)26(19-7-3-4-8-19)22(23-16)30-15-21(27)24-18-9-11-20(12-10-18)31(28,29)25-13-5-6-14-25/h9-12,19H,3-8,13-15H2,1-2H3,(H,24,27). The number of nitrogens with zero attached hydrogens (tertiary/aromatic N) is 3. The number of anilines is 1. The number of aromatic nitrogens is 2. The summed E-state index contributed by atoms with van der Waals surface area (Å²) in [5, 5.41) is 3.77. The lowest BCUT2D eigenvalue weighted by atomic mass is 10.2. The van der Waals surface area contributed by atoms with Crippen LogP contribution in [0.1, 0.15) is 56.0 Å². The molecule has 0 atom stereocenters. The molecular weight excluding hydrogens is 432 g/mol. The van der Waals surface area contributed by atoms with Crippen molar-refractivity contribution in [1.29, 1.82) is 0 Å². The number of carbonyl (C=O) groups excluding carboxylic acids is 1. The summed E-state index contributed by atoms with van der Waals surface area (Å²) in [4.78, 5) is 17.5. The van der Waals surface area contributed by atoms with Crippen molar-refractivity contribution < 1.29 is 13.2 Å². The molecule has 1 amide bonds. The molecule has 0 bridgehead atoms. The van der Waals surface area contributed by atoms with Gasteiger partial charge in [0, 0.05) is 30.5 Å². The van der Waals surface area contributed by atoms with E-state index in [0.29, 0.717) is 24.8 Å². The van der Waals surface area contributed by atoms with E-state index in [2.05, 4.69) is 21.8 Å². The fraction of sp³-hybridized carbons (Fsp3) is 0.545. The zero-order valence-corrected chi connectivity index (χ0v) is 19.8. The van der Waals surface area contributed by atoms with Crippen LogP contribution in [0.4, 0.5) is 5.69 Å². The first-order chi connectivity index (χ1) is 14.9. The third-order valence-corrected chi connectivity index (χ3v) is 9.08. The van der Waals surface area contributed by atoms with Gasteiger partial charge in [-0.1, -0.05) is 24.6 Å². The van der Waals surface area contributed by atoms with Gasteiger partial charge in [0.15, 0.2) is 5.16 Å². The van der Waals surface area contributed by atoms with Gasteiger partial charge in [-0.3, -0.25) is 4.79 Å². The summed E-state index contributed by atoms with van der Waals surface area (Å²) in [7, 11) is -3.44. The maximum absolute atomic E-state index is 12.6. The van der Waals surface area contributed by atoms with E-state index in [-0.39, 0.29) is 16.6 Å². The molecule has 31 heavy (non-hydrogen) atoms. The van der Waals surface area contributed by atoms with Gasteiger partial charge in [-0.15, -0.1) is 0 Å². The quantitative estimate of drug-likeness (QED) is 0.626. The van der Waals surface area contributed by atoms with E-state index < -0.39 is 10.0 Å². The van der Waals surface area contributed by atoms with E-state index in [1.165, 1.54) is 47.4 Å². The van der Waals surface area contributed by atoms with E-state index >= 15 is 0 Å². The zero-order chi connectivity index (χ0) is 22.0. The van der Waals surface area contributed by atoms with Crippen LogP contribution in [-0.4, -0.2) is 47.0 Å². The first kappa shape index (κ1) is 22.4. The van der Waals surface area contributed by atoms with E-state index in [4.69, 9.17) is 0 Å². The molecule has 2 aliphatic rings. The highest BCUT2D eigenvalue weighted by Crippen LogP contribution is 2.35. The number of nitrogens with one attached hydrogen (secondary N) is 1. The van der Waals surface area contributed by atoms with Crippen molar-refractivity contribution in [3.63, 3.8) is 0 Å². The highest BCUT2D eigenvalue weighted by atomic mass is 32.2. The van der Waals surface area contributed by atoms with Crippen molar-refractivity contribution in [2.24, 2.45) is 0 Å². The van der Waals surface area contributed by atoms with Crippen molar-refractivity contribution >= 4 is 33.4 Å². The summed E-state index contributed by atoms with van der Waals surface area (Å²) < 4.78 is 29.1. The fourth-order valence-corrected chi connectivity index (χ4v) is 6.88. The van der Waals surface area contributed by atoms with Gasteiger partial charge in [0.05, 0.1) is 16.3 Å². The first-order valence-corrected chi connectivity index (χ1v) is 13.4. The molecule has 0 unspecified atom stereocenters. The van der Waals surface area contributed by atoms with Crippen molar-refractivity contribution in [3.05, 3.63) is 35.7 Å². The van der Waals surface area contributed by atoms with Crippen LogP contribution in [0.25, 0.3) is 0 Å². The predicted molar refractivity (Wildman–Crippen MR) is 123 cm³/mol. The summed E-state index contributed by atoms with van der Waals surface area (Å²) in [6.07, 6.45) is 6.64. The second kappa shape index (κ2) is 9.34.